The minimum absolute atomic E-state index is 0.926. The second-order valence-corrected chi connectivity index (χ2v) is 4.92. The van der Waals surface area contributed by atoms with Gasteiger partial charge in [-0.15, -0.1) is 0 Å². The molecule has 0 atom stereocenters. The molecule has 3 N–H and O–H groups in total. The molecule has 0 aliphatic rings. The van der Waals surface area contributed by atoms with Gasteiger partial charge in [-0.25, -0.2) is 0 Å². The molecule has 108 valence electrons. The van der Waals surface area contributed by atoms with Crippen LogP contribution < -0.4 is 5.32 Å². The summed E-state index contributed by atoms with van der Waals surface area (Å²) < 4.78 is 31.6. The van der Waals surface area contributed by atoms with E-state index in [1.54, 1.807) is 0 Å². The Balaban J connectivity index is 0.000000347. The van der Waals surface area contributed by atoms with Crippen LogP contribution in [0.3, 0.4) is 0 Å². The lowest BCUT2D eigenvalue weighted by Crippen LogP contribution is -2.12. The quantitative estimate of drug-likeness (QED) is 0.754. The summed E-state index contributed by atoms with van der Waals surface area (Å²) >= 11 is 0. The lowest BCUT2D eigenvalue weighted by molar-refractivity contribution is 0.381. The molecule has 20 heavy (non-hydrogen) atoms. The summed E-state index contributed by atoms with van der Waals surface area (Å²) in [6.07, 6.45) is 0. The molecule has 0 fully saturated rings. The van der Waals surface area contributed by atoms with Crippen molar-refractivity contribution in [3.05, 3.63) is 71.8 Å². The normalized spacial score (nSPS) is 10.5. The predicted molar refractivity (Wildman–Crippen MR) is 77.6 cm³/mol. The van der Waals surface area contributed by atoms with Crippen LogP contribution in [0.1, 0.15) is 11.1 Å². The van der Waals surface area contributed by atoms with Gasteiger partial charge in [0.05, 0.1) is 0 Å². The molecule has 5 nitrogen and oxygen atoms in total. The Kier molecular flexibility index (Phi) is 6.89. The van der Waals surface area contributed by atoms with Gasteiger partial charge in [0.25, 0.3) is 0 Å². The summed E-state index contributed by atoms with van der Waals surface area (Å²) in [6.45, 7) is 1.85. The van der Waals surface area contributed by atoms with Crippen LogP contribution in [0.25, 0.3) is 0 Å². The molecule has 0 aromatic heterocycles. The second kappa shape index (κ2) is 8.44. The molecular formula is C14H17NO4S. The zero-order chi connectivity index (χ0) is 14.8. The topological polar surface area (TPSA) is 86.6 Å². The summed E-state index contributed by atoms with van der Waals surface area (Å²) in [6, 6.07) is 20.9. The molecule has 0 bridgehead atoms. The summed E-state index contributed by atoms with van der Waals surface area (Å²) in [7, 11) is -4.67. The summed E-state index contributed by atoms with van der Waals surface area (Å²) in [4.78, 5) is 0. The molecule has 2 aromatic carbocycles. The van der Waals surface area contributed by atoms with E-state index in [0.29, 0.717) is 0 Å². The number of benzene rings is 2. The molecule has 2 rings (SSSR count). The van der Waals surface area contributed by atoms with E-state index in [4.69, 9.17) is 17.5 Å². The van der Waals surface area contributed by atoms with E-state index in [0.717, 1.165) is 13.1 Å². The van der Waals surface area contributed by atoms with Crippen molar-refractivity contribution in [2.75, 3.05) is 0 Å². The molecule has 0 spiro atoms. The monoisotopic (exact) mass is 295 g/mol. The first-order valence-electron chi connectivity index (χ1n) is 5.93. The Labute approximate surface area is 118 Å². The van der Waals surface area contributed by atoms with E-state index in [2.05, 4.69) is 53.8 Å². The van der Waals surface area contributed by atoms with Gasteiger partial charge in [-0.1, -0.05) is 60.7 Å². The van der Waals surface area contributed by atoms with Crippen molar-refractivity contribution in [2.45, 2.75) is 13.1 Å². The molecule has 0 radical (unpaired) electrons. The second-order valence-electron chi connectivity index (χ2n) is 4.02. The van der Waals surface area contributed by atoms with E-state index >= 15 is 0 Å². The van der Waals surface area contributed by atoms with Crippen molar-refractivity contribution < 1.29 is 17.5 Å². The third-order valence-corrected chi connectivity index (χ3v) is 2.34. The molecule has 0 saturated heterocycles. The Hall–Kier alpha value is -1.73. The molecule has 0 amide bonds. The lowest BCUT2D eigenvalue weighted by Gasteiger charge is -2.04. The Morgan fingerprint density at radius 1 is 0.750 bits per heavy atom. The maximum atomic E-state index is 8.74. The molecule has 0 saturated carbocycles. The van der Waals surface area contributed by atoms with Gasteiger partial charge >= 0.3 is 10.4 Å². The van der Waals surface area contributed by atoms with Crippen LogP contribution in [0.2, 0.25) is 0 Å². The fourth-order valence-electron chi connectivity index (χ4n) is 1.54. The van der Waals surface area contributed by atoms with Gasteiger partial charge in [-0.3, -0.25) is 9.11 Å². The third-order valence-electron chi connectivity index (χ3n) is 2.34. The SMILES string of the molecule is O=S(=O)(O)O.c1ccc(CNCc2ccccc2)cc1. The van der Waals surface area contributed by atoms with Gasteiger partial charge in [0.1, 0.15) is 0 Å². The molecule has 0 aliphatic carbocycles. The Morgan fingerprint density at radius 2 is 1.05 bits per heavy atom. The maximum absolute atomic E-state index is 8.74. The highest BCUT2D eigenvalue weighted by Crippen LogP contribution is 2.00. The first-order chi connectivity index (χ1) is 9.45. The molecular weight excluding hydrogens is 278 g/mol. The van der Waals surface area contributed by atoms with Crippen LogP contribution in [0.5, 0.6) is 0 Å². The summed E-state index contributed by atoms with van der Waals surface area (Å²) in [5.41, 5.74) is 2.65. The molecule has 0 unspecified atom stereocenters. The van der Waals surface area contributed by atoms with Crippen LogP contribution >= 0.6 is 0 Å². The number of hydrogen-bond acceptors (Lipinski definition) is 3. The Morgan fingerprint density at radius 3 is 1.35 bits per heavy atom. The standard InChI is InChI=1S/C14H15N.H2O4S/c1-3-7-13(8-4-1)11-15-12-14-9-5-2-6-10-14;1-5(2,3)4/h1-10,15H,11-12H2;(H2,1,2,3,4). The van der Waals surface area contributed by atoms with Gasteiger partial charge in [-0.05, 0) is 11.1 Å². The van der Waals surface area contributed by atoms with E-state index in [1.807, 2.05) is 12.1 Å². The van der Waals surface area contributed by atoms with Gasteiger partial charge < -0.3 is 5.32 Å². The average molecular weight is 295 g/mol. The van der Waals surface area contributed by atoms with Crippen LogP contribution in [-0.2, 0) is 23.5 Å². The highest BCUT2D eigenvalue weighted by Gasteiger charge is 1.92. The minimum Gasteiger partial charge on any atom is -0.309 e. The summed E-state index contributed by atoms with van der Waals surface area (Å²) in [5, 5.41) is 3.42. The number of nitrogens with one attached hydrogen (secondary N) is 1. The highest BCUT2D eigenvalue weighted by atomic mass is 32.3. The lowest BCUT2D eigenvalue weighted by atomic mass is 10.2. The predicted octanol–water partition coefficient (Wildman–Crippen LogP) is 2.32. The van der Waals surface area contributed by atoms with Crippen LogP contribution in [0, 0.1) is 0 Å². The third kappa shape index (κ3) is 9.23. The van der Waals surface area contributed by atoms with Crippen LogP contribution in [-0.4, -0.2) is 17.5 Å². The fraction of sp³-hybridized carbons (Fsp3) is 0.143. The van der Waals surface area contributed by atoms with E-state index in [9.17, 15) is 0 Å². The van der Waals surface area contributed by atoms with Gasteiger partial charge in [-0.2, -0.15) is 8.42 Å². The fourth-order valence-corrected chi connectivity index (χ4v) is 1.54. The first kappa shape index (κ1) is 16.3. The van der Waals surface area contributed by atoms with E-state index < -0.39 is 10.4 Å². The van der Waals surface area contributed by atoms with Crippen molar-refractivity contribution in [1.29, 1.82) is 0 Å². The van der Waals surface area contributed by atoms with Crippen LogP contribution in [0.4, 0.5) is 0 Å². The van der Waals surface area contributed by atoms with E-state index in [1.165, 1.54) is 11.1 Å². The maximum Gasteiger partial charge on any atom is 0.394 e. The molecule has 0 heterocycles. The van der Waals surface area contributed by atoms with Crippen molar-refractivity contribution in [2.24, 2.45) is 0 Å². The van der Waals surface area contributed by atoms with Gasteiger partial charge in [0.2, 0.25) is 0 Å². The zero-order valence-electron chi connectivity index (χ0n) is 10.8. The Bertz CT molecular complexity index is 538. The van der Waals surface area contributed by atoms with E-state index in [-0.39, 0.29) is 0 Å². The van der Waals surface area contributed by atoms with Crippen molar-refractivity contribution in [3.63, 3.8) is 0 Å². The average Bonchev–Trinajstić information content (AvgIpc) is 2.39. The minimum atomic E-state index is -4.67. The van der Waals surface area contributed by atoms with Crippen molar-refractivity contribution in [1.82, 2.24) is 5.32 Å². The highest BCUT2D eigenvalue weighted by molar-refractivity contribution is 7.79. The zero-order valence-corrected chi connectivity index (χ0v) is 11.6. The van der Waals surface area contributed by atoms with Gasteiger partial charge in [0.15, 0.2) is 0 Å². The number of hydrogen-bond donors (Lipinski definition) is 3. The largest absolute Gasteiger partial charge is 0.394 e. The van der Waals surface area contributed by atoms with Crippen molar-refractivity contribution in [3.8, 4) is 0 Å². The molecule has 0 aliphatic heterocycles. The molecule has 6 heteroatoms. The van der Waals surface area contributed by atoms with Crippen LogP contribution in [0.15, 0.2) is 60.7 Å². The number of rotatable bonds is 4. The molecule has 2 aromatic rings. The summed E-state index contributed by atoms with van der Waals surface area (Å²) in [5.74, 6) is 0. The first-order valence-corrected chi connectivity index (χ1v) is 7.33. The smallest absolute Gasteiger partial charge is 0.309 e. The van der Waals surface area contributed by atoms with Gasteiger partial charge in [0, 0.05) is 13.1 Å². The van der Waals surface area contributed by atoms with Crippen molar-refractivity contribution >= 4 is 10.4 Å².